The summed E-state index contributed by atoms with van der Waals surface area (Å²) in [6, 6.07) is 13.2. The monoisotopic (exact) mass is 393 g/mol. The van der Waals surface area contributed by atoms with E-state index in [4.69, 9.17) is 9.84 Å². The van der Waals surface area contributed by atoms with Gasteiger partial charge in [-0.15, -0.1) is 0 Å². The number of carboxylic acids is 1. The predicted molar refractivity (Wildman–Crippen MR) is 108 cm³/mol. The molecule has 148 valence electrons. The Kier molecular flexibility index (Phi) is 6.36. The number of carbonyl (C=O) groups excluding carboxylic acids is 2. The molecule has 1 aliphatic heterocycles. The Bertz CT molecular complexity index is 997. The number of rotatable bonds is 8. The van der Waals surface area contributed by atoms with Crippen LogP contribution in [0.5, 0.6) is 5.75 Å². The highest BCUT2D eigenvalue weighted by Crippen LogP contribution is 2.16. The summed E-state index contributed by atoms with van der Waals surface area (Å²) in [7, 11) is 0. The standard InChI is InChI=1S/C21H19N3O5/c25-18(13-29-17-6-1-3-14(11-17)7-8-19(26)27)20(28)15-4-2-5-16(12-15)24-21-22-9-10-23-21/h1-8,11-12H,9-10,13H2,(H,26,27)(H2,22,23,24). The van der Waals surface area contributed by atoms with Crippen molar-refractivity contribution in [2.75, 3.05) is 25.0 Å². The molecule has 29 heavy (non-hydrogen) atoms. The van der Waals surface area contributed by atoms with E-state index in [-0.39, 0.29) is 5.56 Å². The molecule has 0 bridgehead atoms. The van der Waals surface area contributed by atoms with Gasteiger partial charge in [0.1, 0.15) is 5.75 Å². The molecule has 0 radical (unpaired) electrons. The number of nitrogens with zero attached hydrogens (tertiary/aromatic N) is 1. The first-order chi connectivity index (χ1) is 14.0. The minimum atomic E-state index is -1.07. The maximum Gasteiger partial charge on any atom is 0.328 e. The summed E-state index contributed by atoms with van der Waals surface area (Å²) >= 11 is 0. The lowest BCUT2D eigenvalue weighted by Crippen LogP contribution is -2.26. The van der Waals surface area contributed by atoms with Crippen LogP contribution in [0, 0.1) is 0 Å². The highest BCUT2D eigenvalue weighted by molar-refractivity contribution is 6.44. The van der Waals surface area contributed by atoms with E-state index in [1.165, 1.54) is 6.08 Å². The molecule has 0 aliphatic carbocycles. The third-order valence-electron chi connectivity index (χ3n) is 3.96. The van der Waals surface area contributed by atoms with Crippen molar-refractivity contribution < 1.29 is 24.2 Å². The van der Waals surface area contributed by atoms with Gasteiger partial charge in [0.05, 0.1) is 6.54 Å². The molecule has 1 aliphatic rings. The number of ether oxygens (including phenoxy) is 1. The summed E-state index contributed by atoms with van der Waals surface area (Å²) in [6.45, 7) is 1.02. The molecule has 1 heterocycles. The van der Waals surface area contributed by atoms with Crippen molar-refractivity contribution in [1.82, 2.24) is 5.32 Å². The van der Waals surface area contributed by atoms with Gasteiger partial charge in [0, 0.05) is 23.9 Å². The van der Waals surface area contributed by atoms with Crippen LogP contribution >= 0.6 is 0 Å². The number of hydrogen-bond acceptors (Lipinski definition) is 7. The van der Waals surface area contributed by atoms with Gasteiger partial charge in [0.15, 0.2) is 12.6 Å². The van der Waals surface area contributed by atoms with Crippen LogP contribution < -0.4 is 15.4 Å². The lowest BCUT2D eigenvalue weighted by molar-refractivity contribution is -0.131. The first-order valence-electron chi connectivity index (χ1n) is 8.88. The van der Waals surface area contributed by atoms with Crippen LogP contribution in [0.2, 0.25) is 0 Å². The van der Waals surface area contributed by atoms with Gasteiger partial charge in [-0.2, -0.15) is 0 Å². The van der Waals surface area contributed by atoms with Crippen molar-refractivity contribution in [1.29, 1.82) is 0 Å². The van der Waals surface area contributed by atoms with Gasteiger partial charge in [-0.3, -0.25) is 14.6 Å². The Labute approximate surface area is 166 Å². The number of hydrogen-bond donors (Lipinski definition) is 3. The number of aliphatic imine (C=N–C) groups is 1. The number of Topliss-reactive ketones (excluding diaryl/α,β-unsaturated/α-hetero) is 2. The second kappa shape index (κ2) is 9.32. The number of benzene rings is 2. The van der Waals surface area contributed by atoms with Crippen LogP contribution in [-0.4, -0.2) is 48.3 Å². The number of carbonyl (C=O) groups is 3. The summed E-state index contributed by atoms with van der Waals surface area (Å²) in [6.07, 6.45) is 2.41. The molecule has 0 fully saturated rings. The molecule has 0 spiro atoms. The van der Waals surface area contributed by atoms with E-state index in [0.717, 1.165) is 12.6 Å². The lowest BCUT2D eigenvalue weighted by Gasteiger charge is -2.09. The summed E-state index contributed by atoms with van der Waals surface area (Å²) in [4.78, 5) is 39.5. The molecule has 0 saturated carbocycles. The van der Waals surface area contributed by atoms with Gasteiger partial charge >= 0.3 is 5.97 Å². The quantitative estimate of drug-likeness (QED) is 0.357. The molecule has 2 aromatic carbocycles. The topological polar surface area (TPSA) is 117 Å². The second-order valence-corrected chi connectivity index (χ2v) is 6.15. The minimum Gasteiger partial charge on any atom is -0.485 e. The van der Waals surface area contributed by atoms with Crippen molar-refractivity contribution in [3.8, 4) is 5.75 Å². The van der Waals surface area contributed by atoms with Crippen molar-refractivity contribution >= 4 is 35.3 Å². The highest BCUT2D eigenvalue weighted by Gasteiger charge is 2.18. The van der Waals surface area contributed by atoms with E-state index in [1.807, 2.05) is 0 Å². The Morgan fingerprint density at radius 2 is 2.00 bits per heavy atom. The van der Waals surface area contributed by atoms with E-state index < -0.39 is 24.1 Å². The maximum atomic E-state index is 12.4. The maximum absolute atomic E-state index is 12.4. The van der Waals surface area contributed by atoms with Crippen LogP contribution in [0.1, 0.15) is 15.9 Å². The molecule has 0 saturated heterocycles. The van der Waals surface area contributed by atoms with Crippen molar-refractivity contribution in [3.05, 3.63) is 65.7 Å². The Balaban J connectivity index is 1.60. The zero-order valence-corrected chi connectivity index (χ0v) is 15.4. The first kappa shape index (κ1) is 19.8. The van der Waals surface area contributed by atoms with Gasteiger partial charge in [0.2, 0.25) is 11.6 Å². The van der Waals surface area contributed by atoms with E-state index in [0.29, 0.717) is 29.5 Å². The zero-order valence-electron chi connectivity index (χ0n) is 15.4. The third-order valence-corrected chi connectivity index (χ3v) is 3.96. The van der Waals surface area contributed by atoms with E-state index in [2.05, 4.69) is 15.6 Å². The molecular formula is C21H19N3O5. The molecule has 3 rings (SSSR count). The van der Waals surface area contributed by atoms with Crippen molar-refractivity contribution in [2.24, 2.45) is 4.99 Å². The predicted octanol–water partition coefficient (Wildman–Crippen LogP) is 1.99. The molecule has 0 unspecified atom stereocenters. The minimum absolute atomic E-state index is 0.250. The normalized spacial score (nSPS) is 12.9. The number of nitrogens with one attached hydrogen (secondary N) is 2. The van der Waals surface area contributed by atoms with Crippen molar-refractivity contribution in [2.45, 2.75) is 0 Å². The second-order valence-electron chi connectivity index (χ2n) is 6.15. The molecule has 2 aromatic rings. The Morgan fingerprint density at radius 1 is 1.17 bits per heavy atom. The largest absolute Gasteiger partial charge is 0.485 e. The highest BCUT2D eigenvalue weighted by atomic mass is 16.5. The lowest BCUT2D eigenvalue weighted by atomic mass is 10.1. The molecular weight excluding hydrogens is 374 g/mol. The fourth-order valence-corrected chi connectivity index (χ4v) is 2.61. The Morgan fingerprint density at radius 3 is 2.76 bits per heavy atom. The number of carboxylic acid groups (broad SMARTS) is 1. The van der Waals surface area contributed by atoms with Crippen LogP contribution in [0.3, 0.4) is 0 Å². The SMILES string of the molecule is O=C(O)C=Cc1cccc(OCC(=O)C(=O)c2cccc(NC3=NCCN3)c2)c1. The van der Waals surface area contributed by atoms with Gasteiger partial charge in [-0.25, -0.2) is 4.79 Å². The van der Waals surface area contributed by atoms with Gasteiger partial charge < -0.3 is 20.5 Å². The number of anilines is 1. The fraction of sp³-hybridized carbons (Fsp3) is 0.143. The summed E-state index contributed by atoms with van der Waals surface area (Å²) in [5, 5.41) is 14.8. The van der Waals surface area contributed by atoms with Crippen molar-refractivity contribution in [3.63, 3.8) is 0 Å². The fourth-order valence-electron chi connectivity index (χ4n) is 2.61. The average molecular weight is 393 g/mol. The van der Waals surface area contributed by atoms with Crippen LogP contribution in [-0.2, 0) is 9.59 Å². The van der Waals surface area contributed by atoms with Crippen LogP contribution in [0.25, 0.3) is 6.08 Å². The summed E-state index contributed by atoms with van der Waals surface area (Å²) in [5.74, 6) is -1.42. The number of ketones is 2. The molecule has 8 nitrogen and oxygen atoms in total. The average Bonchev–Trinajstić information content (AvgIpc) is 3.23. The molecule has 0 amide bonds. The van der Waals surface area contributed by atoms with Gasteiger partial charge in [0.25, 0.3) is 0 Å². The van der Waals surface area contributed by atoms with E-state index in [9.17, 15) is 14.4 Å². The Hall–Kier alpha value is -3.94. The molecule has 0 atom stereocenters. The molecule has 3 N–H and O–H groups in total. The number of guanidine groups is 1. The number of aliphatic carboxylic acids is 1. The van der Waals surface area contributed by atoms with Crippen LogP contribution in [0.15, 0.2) is 59.6 Å². The van der Waals surface area contributed by atoms with Gasteiger partial charge in [-0.1, -0.05) is 24.3 Å². The first-order valence-corrected chi connectivity index (χ1v) is 8.88. The third kappa shape index (κ3) is 5.77. The molecule has 8 heteroatoms. The zero-order chi connectivity index (χ0) is 20.6. The van der Waals surface area contributed by atoms with E-state index in [1.54, 1.807) is 48.5 Å². The smallest absolute Gasteiger partial charge is 0.328 e. The van der Waals surface area contributed by atoms with Gasteiger partial charge in [-0.05, 0) is 35.9 Å². The summed E-state index contributed by atoms with van der Waals surface area (Å²) in [5.41, 5.74) is 1.50. The summed E-state index contributed by atoms with van der Waals surface area (Å²) < 4.78 is 5.40. The van der Waals surface area contributed by atoms with E-state index >= 15 is 0 Å². The van der Waals surface area contributed by atoms with Crippen LogP contribution in [0.4, 0.5) is 5.69 Å². The molecule has 0 aromatic heterocycles.